The van der Waals surface area contributed by atoms with Crippen molar-refractivity contribution in [1.82, 2.24) is 0 Å². The van der Waals surface area contributed by atoms with Crippen molar-refractivity contribution in [3.05, 3.63) is 57.4 Å². The van der Waals surface area contributed by atoms with Gasteiger partial charge < -0.3 is 29.1 Å². The number of hydrogen-bond donors (Lipinski definition) is 2. The predicted octanol–water partition coefficient (Wildman–Crippen LogP) is 3.18. The fourth-order valence-corrected chi connectivity index (χ4v) is 3.99. The van der Waals surface area contributed by atoms with E-state index in [2.05, 4.69) is 5.32 Å². The first kappa shape index (κ1) is 18.4. The van der Waals surface area contributed by atoms with E-state index in [-0.39, 0.29) is 41.2 Å². The van der Waals surface area contributed by atoms with E-state index in [1.165, 1.54) is 7.11 Å². The summed E-state index contributed by atoms with van der Waals surface area (Å²) < 4.78 is 21.9. The summed E-state index contributed by atoms with van der Waals surface area (Å²) in [6.45, 7) is 2.05. The van der Waals surface area contributed by atoms with E-state index in [4.69, 9.17) is 18.6 Å². The SMILES string of the molecule is COc1cc2c(c3oc(=O)c(CNc4ccc(C)cc4)c(O)c13)C1CC(=O)OC1O2. The molecular formula is C22H19NO7. The highest BCUT2D eigenvalue weighted by molar-refractivity contribution is 5.95. The molecule has 2 atom stereocenters. The van der Waals surface area contributed by atoms with E-state index < -0.39 is 17.8 Å². The Bertz CT molecular complexity index is 1230. The zero-order chi connectivity index (χ0) is 21.0. The van der Waals surface area contributed by atoms with Crippen LogP contribution in [0.4, 0.5) is 5.69 Å². The lowest BCUT2D eigenvalue weighted by Gasteiger charge is -2.14. The lowest BCUT2D eigenvalue weighted by atomic mass is 9.95. The van der Waals surface area contributed by atoms with Gasteiger partial charge in [0.15, 0.2) is 5.58 Å². The Balaban J connectivity index is 1.61. The first-order chi connectivity index (χ1) is 14.5. The predicted molar refractivity (Wildman–Crippen MR) is 107 cm³/mol. The minimum Gasteiger partial charge on any atom is -0.506 e. The first-order valence-corrected chi connectivity index (χ1v) is 9.52. The summed E-state index contributed by atoms with van der Waals surface area (Å²) in [4.78, 5) is 24.4. The molecule has 8 heteroatoms. The third kappa shape index (κ3) is 2.75. The maximum atomic E-state index is 12.7. The number of carbonyl (C=O) groups is 1. The highest BCUT2D eigenvalue weighted by atomic mass is 16.7. The van der Waals surface area contributed by atoms with Gasteiger partial charge in [-0.15, -0.1) is 0 Å². The minimum atomic E-state index is -0.766. The number of carbonyl (C=O) groups excluding carboxylic acids is 1. The summed E-state index contributed by atoms with van der Waals surface area (Å²) in [7, 11) is 1.45. The first-order valence-electron chi connectivity index (χ1n) is 9.52. The molecule has 3 aromatic rings. The van der Waals surface area contributed by atoms with Crippen LogP contribution in [0, 0.1) is 6.92 Å². The molecule has 2 N–H and O–H groups in total. The molecule has 0 amide bonds. The molecule has 0 bridgehead atoms. The molecule has 0 saturated carbocycles. The molecule has 0 aliphatic carbocycles. The number of aryl methyl sites for hydroxylation is 1. The maximum absolute atomic E-state index is 12.7. The van der Waals surface area contributed by atoms with E-state index in [0.717, 1.165) is 11.3 Å². The smallest absolute Gasteiger partial charge is 0.345 e. The van der Waals surface area contributed by atoms with Crippen molar-refractivity contribution < 1.29 is 28.5 Å². The molecule has 8 nitrogen and oxygen atoms in total. The van der Waals surface area contributed by atoms with Gasteiger partial charge in [0.05, 0.1) is 31.6 Å². The highest BCUT2D eigenvalue weighted by Gasteiger charge is 2.47. The summed E-state index contributed by atoms with van der Waals surface area (Å²) in [5, 5.41) is 14.4. The monoisotopic (exact) mass is 409 g/mol. The van der Waals surface area contributed by atoms with Crippen LogP contribution in [0.3, 0.4) is 0 Å². The van der Waals surface area contributed by atoms with Crippen LogP contribution in [0.5, 0.6) is 17.2 Å². The van der Waals surface area contributed by atoms with Gasteiger partial charge in [-0.1, -0.05) is 17.7 Å². The number of rotatable bonds is 4. The Hall–Kier alpha value is -3.68. The van der Waals surface area contributed by atoms with E-state index >= 15 is 0 Å². The molecule has 0 radical (unpaired) electrons. The summed E-state index contributed by atoms with van der Waals surface area (Å²) >= 11 is 0. The number of aromatic hydroxyl groups is 1. The van der Waals surface area contributed by atoms with E-state index in [0.29, 0.717) is 17.1 Å². The molecule has 0 spiro atoms. The van der Waals surface area contributed by atoms with Gasteiger partial charge in [-0.25, -0.2) is 4.79 Å². The van der Waals surface area contributed by atoms with Gasteiger partial charge in [-0.05, 0) is 19.1 Å². The number of hydrogen-bond acceptors (Lipinski definition) is 8. The molecular weight excluding hydrogens is 390 g/mol. The Morgan fingerprint density at radius 3 is 2.70 bits per heavy atom. The quantitative estimate of drug-likeness (QED) is 0.500. The zero-order valence-electron chi connectivity index (χ0n) is 16.4. The van der Waals surface area contributed by atoms with Gasteiger partial charge in [0.25, 0.3) is 6.29 Å². The number of anilines is 1. The van der Waals surface area contributed by atoms with Gasteiger partial charge >= 0.3 is 11.6 Å². The summed E-state index contributed by atoms with van der Waals surface area (Å²) in [6.07, 6.45) is -0.654. The lowest BCUT2D eigenvalue weighted by molar-refractivity contribution is -0.150. The van der Waals surface area contributed by atoms with E-state index in [9.17, 15) is 14.7 Å². The standard InChI is InChI=1S/C22H19NO7/c1-10-3-5-11(6-4-10)23-9-13-19(25)18-14(27-2)8-15-17(20(18)30-21(13)26)12-7-16(24)29-22(12)28-15/h3-6,8,12,22-23,25H,7,9H2,1-2H3. The number of nitrogens with one attached hydrogen (secondary N) is 1. The molecule has 3 heterocycles. The van der Waals surface area contributed by atoms with Gasteiger partial charge in [0, 0.05) is 17.3 Å². The lowest BCUT2D eigenvalue weighted by Crippen LogP contribution is -2.15. The van der Waals surface area contributed by atoms with Gasteiger partial charge in [-0.2, -0.15) is 0 Å². The molecule has 2 aliphatic rings. The molecule has 154 valence electrons. The average Bonchev–Trinajstić information content (AvgIpc) is 3.23. The van der Waals surface area contributed by atoms with E-state index in [1.807, 2.05) is 31.2 Å². The molecule has 1 fully saturated rings. The van der Waals surface area contributed by atoms with Crippen LogP contribution in [-0.2, 0) is 16.1 Å². The molecule has 30 heavy (non-hydrogen) atoms. The third-order valence-corrected chi connectivity index (χ3v) is 5.53. The summed E-state index contributed by atoms with van der Waals surface area (Å²) in [5.74, 6) is -0.304. The van der Waals surface area contributed by atoms with Crippen molar-refractivity contribution in [3.8, 4) is 17.2 Å². The Morgan fingerprint density at radius 2 is 1.97 bits per heavy atom. The van der Waals surface area contributed by atoms with Crippen molar-refractivity contribution in [2.75, 3.05) is 12.4 Å². The molecule has 1 saturated heterocycles. The van der Waals surface area contributed by atoms with Crippen LogP contribution in [-0.4, -0.2) is 24.5 Å². The summed E-state index contributed by atoms with van der Waals surface area (Å²) in [5.41, 5.74) is 2.00. The van der Waals surface area contributed by atoms with Gasteiger partial charge in [0.1, 0.15) is 22.6 Å². The second-order valence-electron chi connectivity index (χ2n) is 7.42. The van der Waals surface area contributed by atoms with Crippen molar-refractivity contribution in [2.45, 2.75) is 32.1 Å². The van der Waals surface area contributed by atoms with E-state index in [1.54, 1.807) is 6.07 Å². The second-order valence-corrected chi connectivity index (χ2v) is 7.42. The van der Waals surface area contributed by atoms with Crippen LogP contribution in [0.1, 0.15) is 29.0 Å². The van der Waals surface area contributed by atoms with Crippen molar-refractivity contribution in [2.24, 2.45) is 0 Å². The van der Waals surface area contributed by atoms with Crippen LogP contribution in [0.25, 0.3) is 11.0 Å². The number of methoxy groups -OCH3 is 1. The normalized spacial score (nSPS) is 19.2. The molecule has 2 unspecified atom stereocenters. The average molecular weight is 409 g/mol. The fourth-order valence-electron chi connectivity index (χ4n) is 3.99. The number of fused-ring (bicyclic) bond motifs is 5. The van der Waals surface area contributed by atoms with Crippen LogP contribution in [0.15, 0.2) is 39.5 Å². The minimum absolute atomic E-state index is 0.0670. The highest BCUT2D eigenvalue weighted by Crippen LogP contribution is 2.51. The Labute approximate surface area is 171 Å². The maximum Gasteiger partial charge on any atom is 0.345 e. The summed E-state index contributed by atoms with van der Waals surface area (Å²) in [6, 6.07) is 9.27. The number of esters is 1. The molecule has 2 aliphatic heterocycles. The van der Waals surface area contributed by atoms with Crippen LogP contribution >= 0.6 is 0 Å². The largest absolute Gasteiger partial charge is 0.506 e. The Kier molecular flexibility index (Phi) is 4.09. The van der Waals surface area contributed by atoms with Gasteiger partial charge in [0.2, 0.25) is 0 Å². The topological polar surface area (TPSA) is 107 Å². The fraction of sp³-hybridized carbons (Fsp3) is 0.273. The van der Waals surface area contributed by atoms with Crippen molar-refractivity contribution in [3.63, 3.8) is 0 Å². The second kappa shape index (κ2) is 6.69. The zero-order valence-corrected chi connectivity index (χ0v) is 16.4. The van der Waals surface area contributed by atoms with Crippen molar-refractivity contribution in [1.29, 1.82) is 0 Å². The van der Waals surface area contributed by atoms with Gasteiger partial charge in [-0.3, -0.25) is 4.79 Å². The Morgan fingerprint density at radius 1 is 1.20 bits per heavy atom. The third-order valence-electron chi connectivity index (χ3n) is 5.53. The van der Waals surface area contributed by atoms with Crippen LogP contribution in [0.2, 0.25) is 0 Å². The van der Waals surface area contributed by atoms with Crippen LogP contribution < -0.4 is 20.4 Å². The molecule has 1 aromatic heterocycles. The van der Waals surface area contributed by atoms with Crippen molar-refractivity contribution >= 4 is 22.6 Å². The number of ether oxygens (including phenoxy) is 3. The molecule has 5 rings (SSSR count). The molecule has 2 aromatic carbocycles. The number of benzene rings is 2.